The Bertz CT molecular complexity index is 989. The molecule has 0 saturated heterocycles. The fraction of sp³-hybridized carbons (Fsp3) is 0.167. The van der Waals surface area contributed by atoms with Gasteiger partial charge in [0.15, 0.2) is 6.10 Å². The lowest BCUT2D eigenvalue weighted by atomic mass is 10.1. The van der Waals surface area contributed by atoms with Crippen LogP contribution in [0.25, 0.3) is 0 Å². The summed E-state index contributed by atoms with van der Waals surface area (Å²) < 4.78 is 5.91. The molecule has 3 aromatic carbocycles. The van der Waals surface area contributed by atoms with E-state index in [1.807, 2.05) is 78.9 Å². The summed E-state index contributed by atoms with van der Waals surface area (Å²) in [5.41, 5.74) is 2.64. The lowest BCUT2D eigenvalue weighted by molar-refractivity contribution is -0.128. The first-order chi connectivity index (χ1) is 14.2. The predicted molar refractivity (Wildman–Crippen MR) is 112 cm³/mol. The number of nitrogens with one attached hydrogen (secondary N) is 1. The second kappa shape index (κ2) is 8.61. The molecule has 0 unspecified atom stereocenters. The third kappa shape index (κ3) is 4.46. The molecule has 4 rings (SSSR count). The number of benzene rings is 3. The molecule has 1 N–H and O–H groups in total. The maximum absolute atomic E-state index is 13.0. The van der Waals surface area contributed by atoms with Gasteiger partial charge in [-0.25, -0.2) is 0 Å². The molecule has 0 bridgehead atoms. The molecule has 1 heterocycles. The molecule has 5 heteroatoms. The third-order valence-electron chi connectivity index (χ3n) is 4.87. The lowest BCUT2D eigenvalue weighted by Crippen LogP contribution is -2.51. The number of fused-ring (bicyclic) bond motifs is 1. The Morgan fingerprint density at radius 1 is 0.862 bits per heavy atom. The smallest absolute Gasteiger partial charge is 0.263 e. The number of rotatable bonds is 5. The number of ether oxygens (including phenoxy) is 1. The number of anilines is 1. The number of hydrogen-bond acceptors (Lipinski definition) is 3. The van der Waals surface area contributed by atoms with Crippen molar-refractivity contribution in [3.63, 3.8) is 0 Å². The largest absolute Gasteiger partial charge is 0.477 e. The van der Waals surface area contributed by atoms with E-state index in [0.717, 1.165) is 11.1 Å². The molecule has 0 radical (unpaired) electrons. The molecule has 2 amide bonds. The van der Waals surface area contributed by atoms with Crippen molar-refractivity contribution in [2.24, 2.45) is 0 Å². The van der Waals surface area contributed by atoms with Gasteiger partial charge < -0.3 is 15.0 Å². The summed E-state index contributed by atoms with van der Waals surface area (Å²) in [5, 5.41) is 2.91. The van der Waals surface area contributed by atoms with E-state index < -0.39 is 6.10 Å². The topological polar surface area (TPSA) is 58.6 Å². The molecule has 1 aliphatic rings. The summed E-state index contributed by atoms with van der Waals surface area (Å²) in [4.78, 5) is 27.4. The monoisotopic (exact) mass is 386 g/mol. The van der Waals surface area contributed by atoms with Crippen LogP contribution in [0.4, 0.5) is 5.69 Å². The SMILES string of the molecule is O=C(NCc1ccccc1)[C@@H]1CN(C(=O)Cc2ccccc2)c2ccccc2O1. The number of nitrogens with zero attached hydrogens (tertiary/aromatic N) is 1. The fourth-order valence-electron chi connectivity index (χ4n) is 3.37. The van der Waals surface area contributed by atoms with Crippen molar-refractivity contribution in [3.8, 4) is 5.75 Å². The molecule has 0 fully saturated rings. The van der Waals surface area contributed by atoms with E-state index in [1.54, 1.807) is 11.0 Å². The highest BCUT2D eigenvalue weighted by molar-refractivity contribution is 5.98. The lowest BCUT2D eigenvalue weighted by Gasteiger charge is -2.34. The van der Waals surface area contributed by atoms with Gasteiger partial charge in [0.25, 0.3) is 5.91 Å². The van der Waals surface area contributed by atoms with Crippen molar-refractivity contribution in [3.05, 3.63) is 96.1 Å². The van der Waals surface area contributed by atoms with E-state index in [0.29, 0.717) is 18.0 Å². The first-order valence-electron chi connectivity index (χ1n) is 9.62. The van der Waals surface area contributed by atoms with E-state index in [2.05, 4.69) is 5.32 Å². The van der Waals surface area contributed by atoms with Crippen molar-refractivity contribution in [2.75, 3.05) is 11.4 Å². The molecule has 3 aromatic rings. The van der Waals surface area contributed by atoms with Gasteiger partial charge in [0.05, 0.1) is 18.7 Å². The minimum atomic E-state index is -0.756. The van der Waals surface area contributed by atoms with Gasteiger partial charge in [-0.15, -0.1) is 0 Å². The minimum Gasteiger partial charge on any atom is -0.477 e. The minimum absolute atomic E-state index is 0.0622. The van der Waals surface area contributed by atoms with Crippen LogP contribution in [-0.2, 0) is 22.6 Å². The van der Waals surface area contributed by atoms with Gasteiger partial charge in [0.1, 0.15) is 5.75 Å². The summed E-state index contributed by atoms with van der Waals surface area (Å²) >= 11 is 0. The number of carbonyl (C=O) groups is 2. The van der Waals surface area contributed by atoms with E-state index >= 15 is 0 Å². The number of carbonyl (C=O) groups excluding carboxylic acids is 2. The summed E-state index contributed by atoms with van der Waals surface area (Å²) in [6.07, 6.45) is -0.485. The highest BCUT2D eigenvalue weighted by Gasteiger charge is 2.33. The molecular weight excluding hydrogens is 364 g/mol. The highest BCUT2D eigenvalue weighted by atomic mass is 16.5. The van der Waals surface area contributed by atoms with Crippen LogP contribution >= 0.6 is 0 Å². The summed E-state index contributed by atoms with van der Waals surface area (Å²) in [7, 11) is 0. The predicted octanol–water partition coefficient (Wildman–Crippen LogP) is 3.34. The summed E-state index contributed by atoms with van der Waals surface area (Å²) in [5.74, 6) is 0.244. The molecule has 1 aliphatic heterocycles. The summed E-state index contributed by atoms with van der Waals surface area (Å²) in [6.45, 7) is 0.600. The molecule has 29 heavy (non-hydrogen) atoms. The number of hydrogen-bond donors (Lipinski definition) is 1. The van der Waals surface area contributed by atoms with Crippen molar-refractivity contribution < 1.29 is 14.3 Å². The number of amides is 2. The van der Waals surface area contributed by atoms with Crippen LogP contribution in [0, 0.1) is 0 Å². The Morgan fingerprint density at radius 2 is 1.48 bits per heavy atom. The Balaban J connectivity index is 1.49. The molecule has 0 aliphatic carbocycles. The van der Waals surface area contributed by atoms with Crippen LogP contribution in [0.2, 0.25) is 0 Å². The van der Waals surface area contributed by atoms with Crippen LogP contribution in [0.5, 0.6) is 5.75 Å². The molecular formula is C24H22N2O3. The second-order valence-corrected chi connectivity index (χ2v) is 6.94. The van der Waals surface area contributed by atoms with Gasteiger partial charge in [-0.05, 0) is 23.3 Å². The zero-order chi connectivity index (χ0) is 20.1. The van der Waals surface area contributed by atoms with Crippen molar-refractivity contribution >= 4 is 17.5 Å². The average molecular weight is 386 g/mol. The Hall–Kier alpha value is -3.60. The number of para-hydroxylation sites is 2. The molecule has 5 nitrogen and oxygen atoms in total. The zero-order valence-corrected chi connectivity index (χ0v) is 16.0. The summed E-state index contributed by atoms with van der Waals surface area (Å²) in [6, 6.07) is 26.6. The van der Waals surface area contributed by atoms with Crippen molar-refractivity contribution in [1.29, 1.82) is 0 Å². The van der Waals surface area contributed by atoms with Gasteiger partial charge in [-0.2, -0.15) is 0 Å². The molecule has 0 saturated carbocycles. The maximum atomic E-state index is 13.0. The van der Waals surface area contributed by atoms with Crippen LogP contribution in [0.3, 0.4) is 0 Å². The van der Waals surface area contributed by atoms with E-state index in [1.165, 1.54) is 0 Å². The van der Waals surface area contributed by atoms with Crippen molar-refractivity contribution in [1.82, 2.24) is 5.32 Å². The quantitative estimate of drug-likeness (QED) is 0.732. The van der Waals surface area contributed by atoms with Crippen LogP contribution in [-0.4, -0.2) is 24.5 Å². The third-order valence-corrected chi connectivity index (χ3v) is 4.87. The normalized spacial score (nSPS) is 15.2. The fourth-order valence-corrected chi connectivity index (χ4v) is 3.37. The average Bonchev–Trinajstić information content (AvgIpc) is 2.78. The van der Waals surface area contributed by atoms with Gasteiger partial charge in [-0.3, -0.25) is 9.59 Å². The van der Waals surface area contributed by atoms with E-state index in [-0.39, 0.29) is 24.8 Å². The van der Waals surface area contributed by atoms with E-state index in [4.69, 9.17) is 4.74 Å². The first kappa shape index (κ1) is 18.7. The molecule has 1 atom stereocenters. The molecule has 146 valence electrons. The Kier molecular flexibility index (Phi) is 5.56. The molecule has 0 spiro atoms. The second-order valence-electron chi connectivity index (χ2n) is 6.94. The van der Waals surface area contributed by atoms with Gasteiger partial charge in [-0.1, -0.05) is 72.8 Å². The van der Waals surface area contributed by atoms with Crippen LogP contribution in [0.1, 0.15) is 11.1 Å². The molecule has 0 aromatic heterocycles. The highest BCUT2D eigenvalue weighted by Crippen LogP contribution is 2.33. The Labute approximate surface area is 169 Å². The van der Waals surface area contributed by atoms with Crippen LogP contribution < -0.4 is 15.0 Å². The standard InChI is InChI=1S/C24H22N2O3/c27-23(15-18-9-3-1-4-10-18)26-17-22(29-21-14-8-7-13-20(21)26)24(28)25-16-19-11-5-2-6-12-19/h1-14,22H,15-17H2,(H,25,28)/t22-/m0/s1. The zero-order valence-electron chi connectivity index (χ0n) is 16.0. The van der Waals surface area contributed by atoms with Crippen LogP contribution in [0.15, 0.2) is 84.9 Å². The maximum Gasteiger partial charge on any atom is 0.263 e. The van der Waals surface area contributed by atoms with Gasteiger partial charge in [0.2, 0.25) is 5.91 Å². The van der Waals surface area contributed by atoms with Gasteiger partial charge >= 0.3 is 0 Å². The Morgan fingerprint density at radius 3 is 2.21 bits per heavy atom. The van der Waals surface area contributed by atoms with E-state index in [9.17, 15) is 9.59 Å². The van der Waals surface area contributed by atoms with Gasteiger partial charge in [0, 0.05) is 6.54 Å². The van der Waals surface area contributed by atoms with Crippen molar-refractivity contribution in [2.45, 2.75) is 19.1 Å². The first-order valence-corrected chi connectivity index (χ1v) is 9.62.